The van der Waals surface area contributed by atoms with Gasteiger partial charge in [0.15, 0.2) is 0 Å². The average Bonchev–Trinajstić information content (AvgIpc) is 3.18. The largest absolute Gasteiger partial charge is 0.325 e. The number of benzene rings is 1. The van der Waals surface area contributed by atoms with Gasteiger partial charge in [0, 0.05) is 37.9 Å². The van der Waals surface area contributed by atoms with Gasteiger partial charge in [0.05, 0.1) is 6.04 Å². The molecule has 6 nitrogen and oxygen atoms in total. The van der Waals surface area contributed by atoms with Crippen molar-refractivity contribution in [2.24, 2.45) is 0 Å². The Morgan fingerprint density at radius 2 is 1.74 bits per heavy atom. The molecular weight excluding hydrogens is 340 g/mol. The molecule has 1 saturated heterocycles. The summed E-state index contributed by atoms with van der Waals surface area (Å²) < 4.78 is 0. The number of nitrogens with one attached hydrogen (secondary N) is 2. The van der Waals surface area contributed by atoms with Crippen molar-refractivity contribution in [3.8, 4) is 0 Å². The lowest BCUT2D eigenvalue weighted by atomic mass is 10.1. The molecule has 148 valence electrons. The average molecular weight is 373 g/mol. The van der Waals surface area contributed by atoms with Gasteiger partial charge in [-0.25, -0.2) is 4.79 Å². The molecule has 2 fully saturated rings. The van der Waals surface area contributed by atoms with Crippen LogP contribution >= 0.6 is 0 Å². The molecule has 2 N–H and O–H groups in total. The fourth-order valence-corrected chi connectivity index (χ4v) is 4.25. The van der Waals surface area contributed by atoms with Gasteiger partial charge in [-0.15, -0.1) is 0 Å². The number of carbonyl (C=O) groups excluding carboxylic acids is 2. The maximum absolute atomic E-state index is 12.5. The van der Waals surface area contributed by atoms with E-state index in [2.05, 4.69) is 20.4 Å². The summed E-state index contributed by atoms with van der Waals surface area (Å²) in [5.41, 5.74) is 2.84. The Morgan fingerprint density at radius 3 is 2.37 bits per heavy atom. The van der Waals surface area contributed by atoms with Crippen LogP contribution in [-0.2, 0) is 4.79 Å². The van der Waals surface area contributed by atoms with E-state index in [1.54, 1.807) is 0 Å². The van der Waals surface area contributed by atoms with Crippen molar-refractivity contribution in [2.75, 3.05) is 31.5 Å². The summed E-state index contributed by atoms with van der Waals surface area (Å²) in [6, 6.07) is 5.77. The minimum atomic E-state index is -0.469. The van der Waals surface area contributed by atoms with Crippen LogP contribution in [-0.4, -0.2) is 60.0 Å². The van der Waals surface area contributed by atoms with Crippen LogP contribution in [0.25, 0.3) is 0 Å². The Kier molecular flexibility index (Phi) is 6.50. The predicted molar refractivity (Wildman–Crippen MR) is 108 cm³/mol. The number of amides is 3. The van der Waals surface area contributed by atoms with Crippen LogP contribution in [0.15, 0.2) is 18.2 Å². The van der Waals surface area contributed by atoms with E-state index in [-0.39, 0.29) is 11.9 Å². The lowest BCUT2D eigenvalue weighted by Crippen LogP contribution is -2.56. The molecule has 3 rings (SSSR count). The number of imide groups is 1. The van der Waals surface area contributed by atoms with Crippen LogP contribution < -0.4 is 10.6 Å². The second kappa shape index (κ2) is 8.85. The third-order valence-electron chi connectivity index (χ3n) is 5.98. The zero-order valence-corrected chi connectivity index (χ0v) is 16.8. The molecule has 1 atom stereocenters. The Morgan fingerprint density at radius 1 is 1.07 bits per heavy atom. The minimum absolute atomic E-state index is 0.244. The van der Waals surface area contributed by atoms with Crippen molar-refractivity contribution in [3.63, 3.8) is 0 Å². The minimum Gasteiger partial charge on any atom is -0.307 e. The summed E-state index contributed by atoms with van der Waals surface area (Å²) in [7, 11) is 0. The van der Waals surface area contributed by atoms with Crippen LogP contribution in [0, 0.1) is 13.8 Å². The van der Waals surface area contributed by atoms with Crippen molar-refractivity contribution in [3.05, 3.63) is 29.3 Å². The van der Waals surface area contributed by atoms with Crippen LogP contribution in [0.5, 0.6) is 0 Å². The monoisotopic (exact) mass is 372 g/mol. The zero-order chi connectivity index (χ0) is 19.4. The molecular formula is C21H32N4O2. The van der Waals surface area contributed by atoms with Gasteiger partial charge in [0.2, 0.25) is 5.91 Å². The van der Waals surface area contributed by atoms with E-state index in [0.717, 1.165) is 49.0 Å². The highest BCUT2D eigenvalue weighted by Gasteiger charge is 2.30. The summed E-state index contributed by atoms with van der Waals surface area (Å²) in [4.78, 5) is 29.4. The maximum Gasteiger partial charge on any atom is 0.325 e. The third kappa shape index (κ3) is 5.08. The second-order valence-corrected chi connectivity index (χ2v) is 7.95. The molecule has 27 heavy (non-hydrogen) atoms. The Hall–Kier alpha value is -1.92. The third-order valence-corrected chi connectivity index (χ3v) is 5.98. The van der Waals surface area contributed by atoms with Gasteiger partial charge in [0.25, 0.3) is 0 Å². The number of nitrogens with zero attached hydrogens (tertiary/aromatic N) is 2. The molecule has 1 aromatic carbocycles. The van der Waals surface area contributed by atoms with E-state index in [9.17, 15) is 9.59 Å². The SMILES string of the molecule is Cc1ccc(NC(=O)NC(=O)C(C)N2CCN(C3CCCC3)CC2)c(C)c1. The molecule has 3 amide bonds. The highest BCUT2D eigenvalue weighted by atomic mass is 16.2. The van der Waals surface area contributed by atoms with E-state index in [1.807, 2.05) is 39.0 Å². The number of carbonyl (C=O) groups is 2. The molecule has 1 saturated carbocycles. The van der Waals surface area contributed by atoms with Crippen molar-refractivity contribution in [2.45, 2.75) is 58.5 Å². The van der Waals surface area contributed by atoms with Crippen molar-refractivity contribution in [1.82, 2.24) is 15.1 Å². The lowest BCUT2D eigenvalue weighted by molar-refractivity contribution is -0.125. The van der Waals surface area contributed by atoms with Crippen molar-refractivity contribution >= 4 is 17.6 Å². The smallest absolute Gasteiger partial charge is 0.307 e. The van der Waals surface area contributed by atoms with Crippen LogP contribution in [0.1, 0.15) is 43.7 Å². The van der Waals surface area contributed by atoms with Crippen LogP contribution in [0.4, 0.5) is 10.5 Å². The van der Waals surface area contributed by atoms with E-state index >= 15 is 0 Å². The standard InChI is InChI=1S/C21H32N4O2/c1-15-8-9-19(16(2)14-15)22-21(27)23-20(26)17(3)24-10-12-25(13-11-24)18-6-4-5-7-18/h8-9,14,17-18H,4-7,10-13H2,1-3H3,(H2,22,23,26,27). The number of piperazine rings is 1. The van der Waals surface area contributed by atoms with E-state index < -0.39 is 6.03 Å². The van der Waals surface area contributed by atoms with E-state index in [1.165, 1.54) is 25.7 Å². The summed E-state index contributed by atoms with van der Waals surface area (Å²) in [5, 5.41) is 5.26. The van der Waals surface area contributed by atoms with Gasteiger partial charge in [-0.2, -0.15) is 0 Å². The fourth-order valence-electron chi connectivity index (χ4n) is 4.25. The molecule has 1 unspecified atom stereocenters. The number of urea groups is 1. The van der Waals surface area contributed by atoms with Gasteiger partial charge in [0.1, 0.15) is 0 Å². The van der Waals surface area contributed by atoms with Crippen molar-refractivity contribution < 1.29 is 9.59 Å². The van der Waals surface area contributed by atoms with Gasteiger partial charge < -0.3 is 5.32 Å². The van der Waals surface area contributed by atoms with E-state index in [0.29, 0.717) is 0 Å². The second-order valence-electron chi connectivity index (χ2n) is 7.95. The number of aryl methyl sites for hydroxylation is 2. The highest BCUT2D eigenvalue weighted by molar-refractivity contribution is 6.03. The zero-order valence-electron chi connectivity index (χ0n) is 16.8. The number of hydrogen-bond acceptors (Lipinski definition) is 4. The summed E-state index contributed by atoms with van der Waals surface area (Å²) in [6.45, 7) is 9.61. The fraction of sp³-hybridized carbons (Fsp3) is 0.619. The summed E-state index contributed by atoms with van der Waals surface area (Å²) in [5.74, 6) is -0.244. The van der Waals surface area contributed by atoms with Gasteiger partial charge in [-0.1, -0.05) is 30.5 Å². The molecule has 1 heterocycles. The van der Waals surface area contributed by atoms with Gasteiger partial charge >= 0.3 is 6.03 Å². The molecule has 1 aliphatic carbocycles. The number of anilines is 1. The summed E-state index contributed by atoms with van der Waals surface area (Å²) in [6.07, 6.45) is 5.32. The first kappa shape index (κ1) is 19.8. The molecule has 0 radical (unpaired) electrons. The molecule has 0 bridgehead atoms. The first-order valence-electron chi connectivity index (χ1n) is 10.1. The number of hydrogen-bond donors (Lipinski definition) is 2. The van der Waals surface area contributed by atoms with Crippen LogP contribution in [0.2, 0.25) is 0 Å². The first-order valence-corrected chi connectivity index (χ1v) is 10.1. The molecule has 0 spiro atoms. The number of rotatable bonds is 4. The Bertz CT molecular complexity index is 677. The normalized spacial score (nSPS) is 20.4. The molecule has 0 aromatic heterocycles. The molecule has 6 heteroatoms. The molecule has 1 aliphatic heterocycles. The predicted octanol–water partition coefficient (Wildman–Crippen LogP) is 2.90. The quantitative estimate of drug-likeness (QED) is 0.853. The topological polar surface area (TPSA) is 64.7 Å². The maximum atomic E-state index is 12.5. The summed E-state index contributed by atoms with van der Waals surface area (Å²) >= 11 is 0. The Balaban J connectivity index is 1.46. The van der Waals surface area contributed by atoms with Gasteiger partial charge in [-0.3, -0.25) is 19.9 Å². The first-order chi connectivity index (χ1) is 12.9. The van der Waals surface area contributed by atoms with Gasteiger partial charge in [-0.05, 0) is 45.2 Å². The van der Waals surface area contributed by atoms with Crippen LogP contribution in [0.3, 0.4) is 0 Å². The highest BCUT2D eigenvalue weighted by Crippen LogP contribution is 2.24. The molecule has 1 aromatic rings. The van der Waals surface area contributed by atoms with E-state index in [4.69, 9.17) is 0 Å². The Labute approximate surface area is 162 Å². The lowest BCUT2D eigenvalue weighted by Gasteiger charge is -2.40. The van der Waals surface area contributed by atoms with Crippen molar-refractivity contribution in [1.29, 1.82) is 0 Å². The molecule has 2 aliphatic rings.